The number of hydrogen-bond acceptors (Lipinski definition) is 2. The van der Waals surface area contributed by atoms with Gasteiger partial charge in [0.25, 0.3) is 0 Å². The van der Waals surface area contributed by atoms with Gasteiger partial charge in [0.1, 0.15) is 0 Å². The predicted molar refractivity (Wildman–Crippen MR) is 58.5 cm³/mol. The van der Waals surface area contributed by atoms with Crippen LogP contribution in [0.25, 0.3) is 0 Å². The van der Waals surface area contributed by atoms with E-state index in [1.54, 1.807) is 11.8 Å². The van der Waals surface area contributed by atoms with E-state index in [0.717, 1.165) is 4.47 Å². The van der Waals surface area contributed by atoms with Crippen LogP contribution in [0.5, 0.6) is 0 Å². The monoisotopic (exact) mass is 245 g/mol. The zero-order valence-corrected chi connectivity index (χ0v) is 9.58. The maximum atomic E-state index is 5.75. The highest BCUT2D eigenvalue weighted by Crippen LogP contribution is 2.27. The van der Waals surface area contributed by atoms with Gasteiger partial charge in [0, 0.05) is 15.4 Å². The molecule has 0 aliphatic rings. The summed E-state index contributed by atoms with van der Waals surface area (Å²) in [6.07, 6.45) is 2.06. The Morgan fingerprint density at radius 1 is 1.50 bits per heavy atom. The number of rotatable bonds is 2. The number of thioether (sulfide) groups is 1. The molecule has 66 valence electrons. The van der Waals surface area contributed by atoms with Crippen molar-refractivity contribution in [2.75, 3.05) is 6.26 Å². The molecule has 2 N–H and O–H groups in total. The summed E-state index contributed by atoms with van der Waals surface area (Å²) in [6.45, 7) is 1.99. The summed E-state index contributed by atoms with van der Waals surface area (Å²) >= 11 is 5.23. The van der Waals surface area contributed by atoms with Gasteiger partial charge in [-0.3, -0.25) is 0 Å². The molecule has 0 saturated heterocycles. The van der Waals surface area contributed by atoms with E-state index in [0.29, 0.717) is 0 Å². The molecule has 3 heteroatoms. The molecule has 0 heterocycles. The second-order valence-corrected chi connectivity index (χ2v) is 4.39. The smallest absolute Gasteiger partial charge is 0.0314 e. The molecule has 0 amide bonds. The second kappa shape index (κ2) is 4.30. The first-order valence-electron chi connectivity index (χ1n) is 3.74. The summed E-state index contributed by atoms with van der Waals surface area (Å²) in [5.74, 6) is 0. The SMILES string of the molecule is CSc1ccc([C@@H](C)N)cc1Br. The second-order valence-electron chi connectivity index (χ2n) is 2.68. The van der Waals surface area contributed by atoms with E-state index in [4.69, 9.17) is 5.73 Å². The summed E-state index contributed by atoms with van der Waals surface area (Å²) in [5.41, 5.74) is 6.91. The van der Waals surface area contributed by atoms with Crippen LogP contribution in [0.4, 0.5) is 0 Å². The fourth-order valence-electron chi connectivity index (χ4n) is 0.966. The molecule has 0 bridgehead atoms. The van der Waals surface area contributed by atoms with E-state index in [9.17, 15) is 0 Å². The van der Waals surface area contributed by atoms with Crippen LogP contribution in [-0.2, 0) is 0 Å². The molecule has 0 aliphatic heterocycles. The van der Waals surface area contributed by atoms with Crippen LogP contribution in [-0.4, -0.2) is 6.26 Å². The van der Waals surface area contributed by atoms with E-state index < -0.39 is 0 Å². The molecular formula is C9H12BrNS. The molecule has 1 aromatic rings. The predicted octanol–water partition coefficient (Wildman–Crippen LogP) is 3.19. The van der Waals surface area contributed by atoms with E-state index >= 15 is 0 Å². The lowest BCUT2D eigenvalue weighted by molar-refractivity contribution is 0.816. The highest BCUT2D eigenvalue weighted by molar-refractivity contribution is 9.10. The quantitative estimate of drug-likeness (QED) is 0.811. The van der Waals surface area contributed by atoms with Crippen molar-refractivity contribution >= 4 is 27.7 Å². The average Bonchev–Trinajstić information content (AvgIpc) is 2.04. The highest BCUT2D eigenvalue weighted by Gasteiger charge is 2.02. The maximum Gasteiger partial charge on any atom is 0.0314 e. The van der Waals surface area contributed by atoms with Crippen molar-refractivity contribution in [1.82, 2.24) is 0 Å². The van der Waals surface area contributed by atoms with Crippen LogP contribution in [0.2, 0.25) is 0 Å². The van der Waals surface area contributed by atoms with Gasteiger partial charge in [0.2, 0.25) is 0 Å². The van der Waals surface area contributed by atoms with Gasteiger partial charge in [-0.25, -0.2) is 0 Å². The van der Waals surface area contributed by atoms with Gasteiger partial charge in [0.05, 0.1) is 0 Å². The van der Waals surface area contributed by atoms with Gasteiger partial charge in [-0.1, -0.05) is 6.07 Å². The van der Waals surface area contributed by atoms with Gasteiger partial charge in [0.15, 0.2) is 0 Å². The lowest BCUT2D eigenvalue weighted by atomic mass is 10.1. The Morgan fingerprint density at radius 3 is 2.58 bits per heavy atom. The molecule has 1 rings (SSSR count). The van der Waals surface area contributed by atoms with E-state index in [-0.39, 0.29) is 6.04 Å². The summed E-state index contributed by atoms with van der Waals surface area (Å²) in [6, 6.07) is 6.35. The van der Waals surface area contributed by atoms with E-state index in [1.807, 2.05) is 6.92 Å². The van der Waals surface area contributed by atoms with Crippen LogP contribution in [0.15, 0.2) is 27.6 Å². The van der Waals surface area contributed by atoms with Crippen molar-refractivity contribution in [3.8, 4) is 0 Å². The molecule has 0 saturated carbocycles. The molecule has 0 fully saturated rings. The molecule has 0 aromatic heterocycles. The Hall–Kier alpha value is 0.01000. The first-order valence-corrected chi connectivity index (χ1v) is 5.76. The number of halogens is 1. The fourth-order valence-corrected chi connectivity index (χ4v) is 2.31. The normalized spacial score (nSPS) is 13.0. The molecule has 0 radical (unpaired) electrons. The van der Waals surface area contributed by atoms with Crippen LogP contribution in [0.3, 0.4) is 0 Å². The van der Waals surface area contributed by atoms with Crippen molar-refractivity contribution in [2.45, 2.75) is 17.9 Å². The maximum absolute atomic E-state index is 5.75. The van der Waals surface area contributed by atoms with Gasteiger partial charge in [-0.2, -0.15) is 0 Å². The molecule has 1 nitrogen and oxygen atoms in total. The summed E-state index contributed by atoms with van der Waals surface area (Å²) in [7, 11) is 0. The average molecular weight is 246 g/mol. The van der Waals surface area contributed by atoms with Crippen LogP contribution in [0.1, 0.15) is 18.5 Å². The van der Waals surface area contributed by atoms with Gasteiger partial charge in [-0.05, 0) is 46.8 Å². The first kappa shape index (κ1) is 10.1. The minimum absolute atomic E-state index is 0.109. The number of benzene rings is 1. The summed E-state index contributed by atoms with van der Waals surface area (Å²) < 4.78 is 1.13. The van der Waals surface area contributed by atoms with Crippen molar-refractivity contribution < 1.29 is 0 Å². The third-order valence-corrected chi connectivity index (χ3v) is 3.42. The van der Waals surface area contributed by atoms with Crippen molar-refractivity contribution in [1.29, 1.82) is 0 Å². The molecule has 1 atom stereocenters. The molecular weight excluding hydrogens is 234 g/mol. The van der Waals surface area contributed by atoms with Crippen molar-refractivity contribution in [3.63, 3.8) is 0 Å². The minimum Gasteiger partial charge on any atom is -0.324 e. The Balaban J connectivity index is 3.02. The third kappa shape index (κ3) is 2.25. The molecule has 0 spiro atoms. The number of hydrogen-bond donors (Lipinski definition) is 1. The van der Waals surface area contributed by atoms with Gasteiger partial charge >= 0.3 is 0 Å². The Kier molecular flexibility index (Phi) is 3.62. The van der Waals surface area contributed by atoms with Crippen LogP contribution in [0, 0.1) is 0 Å². The Labute approximate surface area is 85.9 Å². The fraction of sp³-hybridized carbons (Fsp3) is 0.333. The van der Waals surface area contributed by atoms with Crippen molar-refractivity contribution in [3.05, 3.63) is 28.2 Å². The van der Waals surface area contributed by atoms with Crippen molar-refractivity contribution in [2.24, 2.45) is 5.73 Å². The van der Waals surface area contributed by atoms with Crippen LogP contribution >= 0.6 is 27.7 Å². The lowest BCUT2D eigenvalue weighted by Crippen LogP contribution is -2.04. The molecule has 0 unspecified atom stereocenters. The summed E-state index contributed by atoms with van der Waals surface area (Å²) in [4.78, 5) is 1.25. The Morgan fingerprint density at radius 2 is 2.17 bits per heavy atom. The van der Waals surface area contributed by atoms with Crippen LogP contribution < -0.4 is 5.73 Å². The first-order chi connectivity index (χ1) is 5.65. The topological polar surface area (TPSA) is 26.0 Å². The molecule has 0 aliphatic carbocycles. The zero-order valence-electron chi connectivity index (χ0n) is 7.17. The Bertz CT molecular complexity index is 273. The third-order valence-electron chi connectivity index (χ3n) is 1.70. The largest absolute Gasteiger partial charge is 0.324 e. The van der Waals surface area contributed by atoms with Gasteiger partial charge in [-0.15, -0.1) is 11.8 Å². The standard InChI is InChI=1S/C9H12BrNS/c1-6(11)7-3-4-9(12-2)8(10)5-7/h3-6H,11H2,1-2H3/t6-/m1/s1. The number of nitrogens with two attached hydrogens (primary N) is 1. The van der Waals surface area contributed by atoms with E-state index in [2.05, 4.69) is 40.4 Å². The zero-order chi connectivity index (χ0) is 9.14. The van der Waals surface area contributed by atoms with E-state index in [1.165, 1.54) is 10.5 Å². The summed E-state index contributed by atoms with van der Waals surface area (Å²) in [5, 5.41) is 0. The highest BCUT2D eigenvalue weighted by atomic mass is 79.9. The minimum atomic E-state index is 0.109. The molecule has 12 heavy (non-hydrogen) atoms. The molecule has 1 aromatic carbocycles. The van der Waals surface area contributed by atoms with Gasteiger partial charge < -0.3 is 5.73 Å². The lowest BCUT2D eigenvalue weighted by Gasteiger charge is -2.07.